The van der Waals surface area contributed by atoms with Crippen molar-refractivity contribution in [1.29, 1.82) is 0 Å². The molecule has 0 radical (unpaired) electrons. The van der Waals surface area contributed by atoms with Gasteiger partial charge in [-0.05, 0) is 61.7 Å². The van der Waals surface area contributed by atoms with E-state index in [9.17, 15) is 14.4 Å². The molecular weight excluding hydrogens is 384 g/mol. The van der Waals surface area contributed by atoms with Crippen LogP contribution in [0.15, 0.2) is 48.0 Å². The zero-order chi connectivity index (χ0) is 21.7. The van der Waals surface area contributed by atoms with Crippen LogP contribution in [0.2, 0.25) is 0 Å². The highest BCUT2D eigenvalue weighted by atomic mass is 16.5. The number of ether oxygens (including phenoxy) is 2. The Labute approximate surface area is 175 Å². The number of carbonyl (C=O) groups is 3. The van der Waals surface area contributed by atoms with Gasteiger partial charge in [-0.3, -0.25) is 14.9 Å². The van der Waals surface area contributed by atoms with E-state index < -0.39 is 17.8 Å². The van der Waals surface area contributed by atoms with Crippen molar-refractivity contribution in [3.63, 3.8) is 0 Å². The Bertz CT molecular complexity index is 995. The Morgan fingerprint density at radius 1 is 0.900 bits per heavy atom. The van der Waals surface area contributed by atoms with Crippen molar-refractivity contribution in [2.75, 3.05) is 18.1 Å². The largest absolute Gasteiger partial charge is 0.490 e. The van der Waals surface area contributed by atoms with Crippen molar-refractivity contribution in [1.82, 2.24) is 5.32 Å². The summed E-state index contributed by atoms with van der Waals surface area (Å²) in [5, 5.41) is 2.23. The molecule has 0 saturated carbocycles. The van der Waals surface area contributed by atoms with E-state index in [1.165, 1.54) is 6.08 Å². The number of nitrogens with zero attached hydrogens (tertiary/aromatic N) is 1. The lowest BCUT2D eigenvalue weighted by Crippen LogP contribution is -2.54. The van der Waals surface area contributed by atoms with Crippen molar-refractivity contribution in [3.8, 4) is 11.5 Å². The number of carbonyl (C=O) groups excluding carboxylic acids is 3. The van der Waals surface area contributed by atoms with E-state index >= 15 is 0 Å². The minimum absolute atomic E-state index is 0.138. The number of aryl methyl sites for hydroxylation is 1. The molecule has 0 bridgehead atoms. The molecule has 7 nitrogen and oxygen atoms in total. The molecule has 0 aliphatic carbocycles. The van der Waals surface area contributed by atoms with Gasteiger partial charge in [-0.25, -0.2) is 9.69 Å². The van der Waals surface area contributed by atoms with Gasteiger partial charge in [-0.15, -0.1) is 0 Å². The summed E-state index contributed by atoms with van der Waals surface area (Å²) in [5.41, 5.74) is 1.92. The molecule has 2 aromatic rings. The van der Waals surface area contributed by atoms with Crippen LogP contribution in [0.1, 0.15) is 31.9 Å². The van der Waals surface area contributed by atoms with Crippen LogP contribution in [0, 0.1) is 0 Å². The summed E-state index contributed by atoms with van der Waals surface area (Å²) in [7, 11) is 0. The molecule has 0 unspecified atom stereocenters. The number of barbiturate groups is 1. The van der Waals surface area contributed by atoms with Crippen molar-refractivity contribution >= 4 is 29.6 Å². The number of hydrogen-bond acceptors (Lipinski definition) is 5. The molecule has 1 saturated heterocycles. The fraction of sp³-hybridized carbons (Fsp3) is 0.261. The van der Waals surface area contributed by atoms with Gasteiger partial charge in [0.25, 0.3) is 11.8 Å². The van der Waals surface area contributed by atoms with Crippen LogP contribution < -0.4 is 19.7 Å². The maximum atomic E-state index is 13.0. The van der Waals surface area contributed by atoms with E-state index in [0.717, 1.165) is 16.9 Å². The highest BCUT2D eigenvalue weighted by Gasteiger charge is 2.36. The molecular formula is C23H24N2O5. The second-order valence-electron chi connectivity index (χ2n) is 6.55. The fourth-order valence-electron chi connectivity index (χ4n) is 3.10. The average molecular weight is 408 g/mol. The first-order chi connectivity index (χ1) is 14.5. The van der Waals surface area contributed by atoms with Gasteiger partial charge >= 0.3 is 6.03 Å². The zero-order valence-corrected chi connectivity index (χ0v) is 17.2. The van der Waals surface area contributed by atoms with E-state index in [1.807, 2.05) is 32.9 Å². The molecule has 4 amide bonds. The van der Waals surface area contributed by atoms with Gasteiger partial charge in [0.15, 0.2) is 11.5 Å². The number of urea groups is 1. The topological polar surface area (TPSA) is 84.9 Å². The van der Waals surface area contributed by atoms with Crippen LogP contribution in [0.25, 0.3) is 6.08 Å². The van der Waals surface area contributed by atoms with Crippen molar-refractivity contribution < 1.29 is 23.9 Å². The third-order valence-corrected chi connectivity index (χ3v) is 4.58. The zero-order valence-electron chi connectivity index (χ0n) is 17.2. The van der Waals surface area contributed by atoms with Crippen molar-refractivity contribution in [2.24, 2.45) is 0 Å². The van der Waals surface area contributed by atoms with Gasteiger partial charge in [0.2, 0.25) is 0 Å². The van der Waals surface area contributed by atoms with E-state index in [0.29, 0.717) is 36.0 Å². The Hall–Kier alpha value is -3.61. The van der Waals surface area contributed by atoms with E-state index in [-0.39, 0.29) is 5.57 Å². The quantitative estimate of drug-likeness (QED) is 0.558. The highest BCUT2D eigenvalue weighted by molar-refractivity contribution is 6.39. The average Bonchev–Trinajstić information content (AvgIpc) is 2.73. The number of anilines is 1. The molecule has 1 aliphatic rings. The van der Waals surface area contributed by atoms with Crippen LogP contribution in [-0.2, 0) is 16.0 Å². The Morgan fingerprint density at radius 3 is 2.20 bits per heavy atom. The monoisotopic (exact) mass is 408 g/mol. The standard InChI is InChI=1S/C23H24N2O5/c1-4-15-7-10-17(11-8-15)25-22(27)18(21(26)24-23(25)28)13-16-9-12-19(29-5-2)20(14-16)30-6-3/h7-14H,4-6H2,1-3H3,(H,24,26,28)/b18-13-. The lowest BCUT2D eigenvalue weighted by atomic mass is 10.1. The number of rotatable bonds is 7. The number of amides is 4. The van der Waals surface area contributed by atoms with Gasteiger partial charge in [0.1, 0.15) is 5.57 Å². The second kappa shape index (κ2) is 9.26. The third kappa shape index (κ3) is 4.35. The molecule has 1 N–H and O–H groups in total. The van der Waals surface area contributed by atoms with E-state index in [2.05, 4.69) is 5.32 Å². The van der Waals surface area contributed by atoms with Crippen molar-refractivity contribution in [2.45, 2.75) is 27.2 Å². The predicted molar refractivity (Wildman–Crippen MR) is 114 cm³/mol. The minimum atomic E-state index is -0.770. The maximum absolute atomic E-state index is 13.0. The molecule has 30 heavy (non-hydrogen) atoms. The number of imide groups is 2. The smallest absolute Gasteiger partial charge is 0.335 e. The predicted octanol–water partition coefficient (Wildman–Crippen LogP) is 3.71. The van der Waals surface area contributed by atoms with Gasteiger partial charge < -0.3 is 9.47 Å². The molecule has 0 aromatic heterocycles. The van der Waals surface area contributed by atoms with E-state index in [4.69, 9.17) is 9.47 Å². The van der Waals surface area contributed by atoms with Gasteiger partial charge in [-0.1, -0.05) is 25.1 Å². The Morgan fingerprint density at radius 2 is 1.57 bits per heavy atom. The molecule has 156 valence electrons. The van der Waals surface area contributed by atoms with Gasteiger partial charge in [0.05, 0.1) is 18.9 Å². The number of hydrogen-bond donors (Lipinski definition) is 1. The highest BCUT2D eigenvalue weighted by Crippen LogP contribution is 2.30. The first kappa shape index (κ1) is 21.1. The maximum Gasteiger partial charge on any atom is 0.335 e. The number of benzene rings is 2. The fourth-order valence-corrected chi connectivity index (χ4v) is 3.10. The summed E-state index contributed by atoms with van der Waals surface area (Å²) in [6, 6.07) is 11.4. The molecule has 1 aliphatic heterocycles. The van der Waals surface area contributed by atoms with Crippen molar-refractivity contribution in [3.05, 3.63) is 59.2 Å². The molecule has 3 rings (SSSR count). The van der Waals surface area contributed by atoms with E-state index in [1.54, 1.807) is 30.3 Å². The first-order valence-electron chi connectivity index (χ1n) is 9.88. The lowest BCUT2D eigenvalue weighted by Gasteiger charge is -2.26. The lowest BCUT2D eigenvalue weighted by molar-refractivity contribution is -0.122. The SMILES string of the molecule is CCOc1ccc(/C=C2/C(=O)NC(=O)N(c3ccc(CC)cc3)C2=O)cc1OCC. The third-order valence-electron chi connectivity index (χ3n) is 4.58. The molecule has 0 atom stereocenters. The van der Waals surface area contributed by atoms with Crippen LogP contribution in [0.3, 0.4) is 0 Å². The Balaban J connectivity index is 1.96. The molecule has 7 heteroatoms. The molecule has 1 fully saturated rings. The van der Waals surface area contributed by atoms with Gasteiger partial charge in [0, 0.05) is 0 Å². The summed E-state index contributed by atoms with van der Waals surface area (Å²) in [4.78, 5) is 38.7. The van der Waals surface area contributed by atoms with Crippen LogP contribution in [0.5, 0.6) is 11.5 Å². The first-order valence-corrected chi connectivity index (χ1v) is 9.88. The van der Waals surface area contributed by atoms with Crippen LogP contribution >= 0.6 is 0 Å². The summed E-state index contributed by atoms with van der Waals surface area (Å²) >= 11 is 0. The van der Waals surface area contributed by atoms with Gasteiger partial charge in [-0.2, -0.15) is 0 Å². The van der Waals surface area contributed by atoms with Crippen LogP contribution in [-0.4, -0.2) is 31.1 Å². The molecule has 0 spiro atoms. The number of nitrogens with one attached hydrogen (secondary N) is 1. The second-order valence-corrected chi connectivity index (χ2v) is 6.55. The summed E-state index contributed by atoms with van der Waals surface area (Å²) in [6.45, 7) is 6.66. The Kier molecular flexibility index (Phi) is 6.51. The summed E-state index contributed by atoms with van der Waals surface area (Å²) in [6.07, 6.45) is 2.28. The molecule has 1 heterocycles. The minimum Gasteiger partial charge on any atom is -0.490 e. The summed E-state index contributed by atoms with van der Waals surface area (Å²) < 4.78 is 11.1. The molecule has 2 aromatic carbocycles. The summed E-state index contributed by atoms with van der Waals surface area (Å²) in [5.74, 6) is -0.327. The normalized spacial score (nSPS) is 15.4. The van der Waals surface area contributed by atoms with Crippen LogP contribution in [0.4, 0.5) is 10.5 Å².